The largest absolute Gasteiger partial charge is 0.481 e. The SMILES string of the molecule is CC(CC(F)(F)F)NC(=O)N(CCC(=O)O)C1CC1. The van der Waals surface area contributed by atoms with Crippen LogP contribution < -0.4 is 5.32 Å². The van der Waals surface area contributed by atoms with Crippen LogP contribution in [-0.2, 0) is 4.79 Å². The zero-order chi connectivity index (χ0) is 14.6. The minimum Gasteiger partial charge on any atom is -0.481 e. The summed E-state index contributed by atoms with van der Waals surface area (Å²) in [6.07, 6.45) is -4.12. The maximum atomic E-state index is 12.1. The smallest absolute Gasteiger partial charge is 0.391 e. The number of carboxylic acid groups (broad SMARTS) is 1. The summed E-state index contributed by atoms with van der Waals surface area (Å²) in [4.78, 5) is 23.6. The molecule has 1 rings (SSSR count). The zero-order valence-corrected chi connectivity index (χ0v) is 10.5. The second-order valence-electron chi connectivity index (χ2n) is 4.74. The number of nitrogens with one attached hydrogen (secondary N) is 1. The number of carbonyl (C=O) groups is 2. The van der Waals surface area contributed by atoms with E-state index < -0.39 is 30.6 Å². The first kappa shape index (κ1) is 15.6. The molecule has 110 valence electrons. The molecule has 1 atom stereocenters. The molecule has 0 aromatic heterocycles. The Balaban J connectivity index is 2.45. The molecule has 0 aliphatic heterocycles. The summed E-state index contributed by atoms with van der Waals surface area (Å²) < 4.78 is 36.4. The van der Waals surface area contributed by atoms with Gasteiger partial charge in [0.1, 0.15) is 0 Å². The van der Waals surface area contributed by atoms with E-state index in [-0.39, 0.29) is 19.0 Å². The van der Waals surface area contributed by atoms with Crippen LogP contribution in [0.5, 0.6) is 0 Å². The molecule has 0 saturated heterocycles. The number of alkyl halides is 3. The molecule has 0 bridgehead atoms. The molecule has 1 fully saturated rings. The van der Waals surface area contributed by atoms with Crippen molar-refractivity contribution in [3.63, 3.8) is 0 Å². The van der Waals surface area contributed by atoms with Crippen molar-refractivity contribution in [3.8, 4) is 0 Å². The fourth-order valence-electron chi connectivity index (χ4n) is 1.74. The molecule has 0 spiro atoms. The summed E-state index contributed by atoms with van der Waals surface area (Å²) >= 11 is 0. The van der Waals surface area contributed by atoms with Crippen molar-refractivity contribution < 1.29 is 27.9 Å². The van der Waals surface area contributed by atoms with Gasteiger partial charge in [0.25, 0.3) is 0 Å². The second kappa shape index (κ2) is 6.12. The van der Waals surface area contributed by atoms with Gasteiger partial charge < -0.3 is 15.3 Å². The van der Waals surface area contributed by atoms with Crippen LogP contribution in [0.4, 0.5) is 18.0 Å². The third-order valence-corrected chi connectivity index (χ3v) is 2.72. The van der Waals surface area contributed by atoms with Crippen molar-refractivity contribution in [2.45, 2.75) is 50.9 Å². The van der Waals surface area contributed by atoms with E-state index in [0.29, 0.717) is 0 Å². The average molecular weight is 282 g/mol. The molecule has 0 radical (unpaired) electrons. The van der Waals surface area contributed by atoms with Crippen LogP contribution in [0.1, 0.15) is 32.6 Å². The van der Waals surface area contributed by atoms with E-state index in [1.165, 1.54) is 11.8 Å². The number of halogens is 3. The molecule has 0 aromatic carbocycles. The highest BCUT2D eigenvalue weighted by atomic mass is 19.4. The first-order chi connectivity index (χ1) is 8.69. The number of carboxylic acids is 1. The molecule has 1 saturated carbocycles. The van der Waals surface area contributed by atoms with Gasteiger partial charge in [-0.2, -0.15) is 13.2 Å². The number of rotatable bonds is 6. The summed E-state index contributed by atoms with van der Waals surface area (Å²) in [6, 6.07) is -1.70. The van der Waals surface area contributed by atoms with Crippen molar-refractivity contribution in [3.05, 3.63) is 0 Å². The summed E-state index contributed by atoms with van der Waals surface area (Å²) in [5, 5.41) is 10.8. The summed E-state index contributed by atoms with van der Waals surface area (Å²) in [5.41, 5.74) is 0. The van der Waals surface area contributed by atoms with Crippen LogP contribution in [0.25, 0.3) is 0 Å². The molecule has 0 heterocycles. The third-order valence-electron chi connectivity index (χ3n) is 2.72. The lowest BCUT2D eigenvalue weighted by Gasteiger charge is -2.25. The number of amides is 2. The van der Waals surface area contributed by atoms with Gasteiger partial charge >= 0.3 is 18.2 Å². The lowest BCUT2D eigenvalue weighted by Crippen LogP contribution is -2.46. The molecule has 1 unspecified atom stereocenters. The Morgan fingerprint density at radius 3 is 2.42 bits per heavy atom. The molecule has 8 heteroatoms. The van der Waals surface area contributed by atoms with Gasteiger partial charge in [-0.05, 0) is 19.8 Å². The minimum atomic E-state index is -4.34. The van der Waals surface area contributed by atoms with Crippen LogP contribution in [0.2, 0.25) is 0 Å². The maximum Gasteiger partial charge on any atom is 0.391 e. The quantitative estimate of drug-likeness (QED) is 0.782. The van der Waals surface area contributed by atoms with Gasteiger partial charge in [0.2, 0.25) is 0 Å². The molecule has 2 amide bonds. The fourth-order valence-corrected chi connectivity index (χ4v) is 1.74. The molecule has 1 aliphatic carbocycles. The van der Waals surface area contributed by atoms with Crippen molar-refractivity contribution in [1.29, 1.82) is 0 Å². The van der Waals surface area contributed by atoms with E-state index >= 15 is 0 Å². The predicted molar refractivity (Wildman–Crippen MR) is 60.6 cm³/mol. The van der Waals surface area contributed by atoms with Gasteiger partial charge in [-0.3, -0.25) is 4.79 Å². The lowest BCUT2D eigenvalue weighted by atomic mass is 10.2. The summed E-state index contributed by atoms with van der Waals surface area (Å²) in [5.74, 6) is -1.04. The Kier molecular flexibility index (Phi) is 5.02. The summed E-state index contributed by atoms with van der Waals surface area (Å²) in [6.45, 7) is 1.29. The van der Waals surface area contributed by atoms with E-state index in [1.807, 2.05) is 0 Å². The number of hydrogen-bond donors (Lipinski definition) is 2. The first-order valence-corrected chi connectivity index (χ1v) is 6.04. The zero-order valence-electron chi connectivity index (χ0n) is 10.5. The highest BCUT2D eigenvalue weighted by Gasteiger charge is 2.35. The number of urea groups is 1. The Hall–Kier alpha value is -1.47. The van der Waals surface area contributed by atoms with Crippen LogP contribution in [0, 0.1) is 0 Å². The second-order valence-corrected chi connectivity index (χ2v) is 4.74. The predicted octanol–water partition coefficient (Wildman–Crippen LogP) is 1.98. The van der Waals surface area contributed by atoms with Gasteiger partial charge in [0.15, 0.2) is 0 Å². The van der Waals surface area contributed by atoms with E-state index in [1.54, 1.807) is 0 Å². The van der Waals surface area contributed by atoms with Crippen molar-refractivity contribution in [2.24, 2.45) is 0 Å². The molecule has 19 heavy (non-hydrogen) atoms. The van der Waals surface area contributed by atoms with E-state index in [0.717, 1.165) is 12.8 Å². The molecule has 0 aromatic rings. The minimum absolute atomic E-state index is 0.0184. The van der Waals surface area contributed by atoms with Crippen molar-refractivity contribution in [2.75, 3.05) is 6.54 Å². The van der Waals surface area contributed by atoms with Crippen LogP contribution in [0.3, 0.4) is 0 Å². The van der Waals surface area contributed by atoms with Gasteiger partial charge in [-0.1, -0.05) is 0 Å². The molecule has 2 N–H and O–H groups in total. The molecular weight excluding hydrogens is 265 g/mol. The highest BCUT2D eigenvalue weighted by molar-refractivity contribution is 5.76. The van der Waals surface area contributed by atoms with E-state index in [2.05, 4.69) is 5.32 Å². The van der Waals surface area contributed by atoms with Gasteiger partial charge in [0, 0.05) is 18.6 Å². The highest BCUT2D eigenvalue weighted by Crippen LogP contribution is 2.27. The van der Waals surface area contributed by atoms with Gasteiger partial charge in [-0.25, -0.2) is 4.79 Å². The maximum absolute atomic E-state index is 12.1. The monoisotopic (exact) mass is 282 g/mol. The molecule has 1 aliphatic rings. The third kappa shape index (κ3) is 6.30. The Labute approximate surface area is 108 Å². The van der Waals surface area contributed by atoms with Crippen LogP contribution >= 0.6 is 0 Å². The Morgan fingerprint density at radius 1 is 1.42 bits per heavy atom. The topological polar surface area (TPSA) is 69.6 Å². The van der Waals surface area contributed by atoms with Crippen molar-refractivity contribution >= 4 is 12.0 Å². The number of hydrogen-bond acceptors (Lipinski definition) is 2. The number of aliphatic carboxylic acids is 1. The lowest BCUT2D eigenvalue weighted by molar-refractivity contribution is -0.138. The van der Waals surface area contributed by atoms with E-state index in [9.17, 15) is 22.8 Å². The van der Waals surface area contributed by atoms with Gasteiger partial charge in [-0.15, -0.1) is 0 Å². The van der Waals surface area contributed by atoms with Crippen LogP contribution in [0.15, 0.2) is 0 Å². The number of carbonyl (C=O) groups excluding carboxylic acids is 1. The van der Waals surface area contributed by atoms with Crippen LogP contribution in [-0.4, -0.2) is 46.8 Å². The van der Waals surface area contributed by atoms with E-state index in [4.69, 9.17) is 5.11 Å². The first-order valence-electron chi connectivity index (χ1n) is 6.04. The number of nitrogens with zero attached hydrogens (tertiary/aromatic N) is 1. The normalized spacial score (nSPS) is 16.8. The Morgan fingerprint density at radius 2 is 2.00 bits per heavy atom. The van der Waals surface area contributed by atoms with Crippen molar-refractivity contribution in [1.82, 2.24) is 10.2 Å². The summed E-state index contributed by atoms with van der Waals surface area (Å²) in [7, 11) is 0. The fraction of sp³-hybridized carbons (Fsp3) is 0.818. The molecular formula is C11H17F3N2O3. The standard InChI is InChI=1S/C11H17F3N2O3/c1-7(6-11(12,13)14)15-10(19)16(8-2-3-8)5-4-9(17)18/h7-8H,2-6H2,1H3,(H,15,19)(H,17,18). The van der Waals surface area contributed by atoms with Gasteiger partial charge in [0.05, 0.1) is 12.8 Å². The average Bonchev–Trinajstić information content (AvgIpc) is 2.97. The Bertz CT molecular complexity index is 343. The molecule has 5 nitrogen and oxygen atoms in total.